The average molecular weight is 247 g/mol. The van der Waals surface area contributed by atoms with Crippen molar-refractivity contribution in [3.05, 3.63) is 35.9 Å². The van der Waals surface area contributed by atoms with Crippen molar-refractivity contribution >= 4 is 12.4 Å². The molecule has 96 valence electrons. The predicted octanol–water partition coefficient (Wildman–Crippen LogP) is 2.38. The van der Waals surface area contributed by atoms with E-state index in [0.29, 0.717) is 13.0 Å². The van der Waals surface area contributed by atoms with Gasteiger partial charge in [0.15, 0.2) is 0 Å². The van der Waals surface area contributed by atoms with Crippen LogP contribution in [0.1, 0.15) is 24.8 Å². The zero-order valence-electron chi connectivity index (χ0n) is 10.2. The summed E-state index contributed by atoms with van der Waals surface area (Å²) in [6.07, 6.45) is 2.79. The molecule has 1 fully saturated rings. The number of benzene rings is 1. The monoisotopic (exact) mass is 247 g/mol. The molecule has 1 amide bonds. The highest BCUT2D eigenvalue weighted by molar-refractivity contribution is 5.69. The van der Waals surface area contributed by atoms with Crippen molar-refractivity contribution < 1.29 is 14.3 Å². The van der Waals surface area contributed by atoms with Gasteiger partial charge >= 0.3 is 6.09 Å². The van der Waals surface area contributed by atoms with E-state index >= 15 is 0 Å². The molecule has 1 aromatic rings. The quantitative estimate of drug-likeness (QED) is 0.767. The highest BCUT2D eigenvalue weighted by Gasteiger charge is 2.29. The van der Waals surface area contributed by atoms with Gasteiger partial charge in [0.2, 0.25) is 0 Å². The van der Waals surface area contributed by atoms with Crippen LogP contribution in [0.3, 0.4) is 0 Å². The Morgan fingerprint density at radius 1 is 1.39 bits per heavy atom. The molecule has 0 N–H and O–H groups in total. The van der Waals surface area contributed by atoms with E-state index in [1.165, 1.54) is 0 Å². The van der Waals surface area contributed by atoms with E-state index in [9.17, 15) is 9.59 Å². The third-order valence-electron chi connectivity index (χ3n) is 3.19. The molecule has 0 spiro atoms. The molecule has 0 bridgehead atoms. The Hall–Kier alpha value is -1.84. The highest BCUT2D eigenvalue weighted by atomic mass is 16.6. The number of hydrogen-bond donors (Lipinski definition) is 0. The van der Waals surface area contributed by atoms with Crippen LogP contribution >= 0.6 is 0 Å². The molecule has 4 heteroatoms. The maximum absolute atomic E-state index is 11.9. The number of nitrogens with zero attached hydrogens (tertiary/aromatic N) is 1. The second kappa shape index (κ2) is 6.19. The normalized spacial score (nSPS) is 18.7. The molecule has 18 heavy (non-hydrogen) atoms. The van der Waals surface area contributed by atoms with Crippen LogP contribution in [0, 0.1) is 0 Å². The number of aldehydes is 1. The van der Waals surface area contributed by atoms with Crippen LogP contribution in [0.4, 0.5) is 4.79 Å². The van der Waals surface area contributed by atoms with Gasteiger partial charge in [0.05, 0.1) is 0 Å². The van der Waals surface area contributed by atoms with Gasteiger partial charge in [0.1, 0.15) is 12.9 Å². The van der Waals surface area contributed by atoms with E-state index in [1.54, 1.807) is 4.90 Å². The molecule has 1 aliphatic rings. The molecule has 1 aromatic carbocycles. The lowest BCUT2D eigenvalue weighted by atomic mass is 10.2. The third-order valence-corrected chi connectivity index (χ3v) is 3.19. The number of carbonyl (C=O) groups excluding carboxylic acids is 2. The van der Waals surface area contributed by atoms with E-state index in [4.69, 9.17) is 4.74 Å². The number of likely N-dealkylation sites (tertiary alicyclic amines) is 1. The van der Waals surface area contributed by atoms with E-state index in [0.717, 1.165) is 24.7 Å². The van der Waals surface area contributed by atoms with E-state index in [1.807, 2.05) is 30.3 Å². The minimum Gasteiger partial charge on any atom is -0.445 e. The fourth-order valence-corrected chi connectivity index (χ4v) is 2.23. The zero-order chi connectivity index (χ0) is 12.8. The Labute approximate surface area is 107 Å². The van der Waals surface area contributed by atoms with Gasteiger partial charge in [-0.15, -0.1) is 0 Å². The fourth-order valence-electron chi connectivity index (χ4n) is 2.23. The Kier molecular flexibility index (Phi) is 4.34. The molecular weight excluding hydrogens is 230 g/mol. The minimum atomic E-state index is -0.316. The third kappa shape index (κ3) is 3.09. The molecule has 2 rings (SSSR count). The molecule has 0 aliphatic carbocycles. The van der Waals surface area contributed by atoms with E-state index in [-0.39, 0.29) is 18.7 Å². The van der Waals surface area contributed by atoms with Crippen LogP contribution in [-0.2, 0) is 16.1 Å². The summed E-state index contributed by atoms with van der Waals surface area (Å²) in [5.41, 5.74) is 0.969. The maximum atomic E-state index is 11.9. The van der Waals surface area contributed by atoms with E-state index in [2.05, 4.69) is 0 Å². The molecule has 1 heterocycles. The van der Waals surface area contributed by atoms with Crippen LogP contribution in [0.5, 0.6) is 0 Å². The minimum absolute atomic E-state index is 0.0192. The van der Waals surface area contributed by atoms with Crippen LogP contribution in [0.2, 0.25) is 0 Å². The molecule has 1 atom stereocenters. The Balaban J connectivity index is 1.86. The number of carbonyl (C=O) groups is 2. The highest BCUT2D eigenvalue weighted by Crippen LogP contribution is 2.20. The number of rotatable bonds is 4. The zero-order valence-corrected chi connectivity index (χ0v) is 10.2. The van der Waals surface area contributed by atoms with Gasteiger partial charge in [0.25, 0.3) is 0 Å². The lowest BCUT2D eigenvalue weighted by Crippen LogP contribution is -2.36. The lowest BCUT2D eigenvalue weighted by Gasteiger charge is -2.22. The second-order valence-electron chi connectivity index (χ2n) is 4.43. The van der Waals surface area contributed by atoms with Gasteiger partial charge in [-0.05, 0) is 18.4 Å². The Bertz CT molecular complexity index is 405. The first-order valence-corrected chi connectivity index (χ1v) is 6.22. The summed E-state index contributed by atoms with van der Waals surface area (Å²) in [6.45, 7) is 0.968. The molecule has 0 aromatic heterocycles. The summed E-state index contributed by atoms with van der Waals surface area (Å²) in [6, 6.07) is 9.60. The SMILES string of the molecule is O=CC[C@@H]1CCCN1C(=O)OCc1ccccc1. The fraction of sp³-hybridized carbons (Fsp3) is 0.429. The van der Waals surface area contributed by atoms with Crippen molar-refractivity contribution in [2.24, 2.45) is 0 Å². The van der Waals surface area contributed by atoms with Crippen molar-refractivity contribution in [3.63, 3.8) is 0 Å². The van der Waals surface area contributed by atoms with Crippen LogP contribution in [0.25, 0.3) is 0 Å². The number of ether oxygens (including phenoxy) is 1. The molecule has 0 radical (unpaired) electrons. The first kappa shape index (κ1) is 12.6. The summed E-state index contributed by atoms with van der Waals surface area (Å²) in [4.78, 5) is 24.1. The first-order chi connectivity index (χ1) is 8.81. The van der Waals surface area contributed by atoms with Gasteiger partial charge in [-0.1, -0.05) is 30.3 Å². The molecule has 1 aliphatic heterocycles. The van der Waals surface area contributed by atoms with Crippen molar-refractivity contribution in [2.75, 3.05) is 6.54 Å². The number of hydrogen-bond acceptors (Lipinski definition) is 3. The second-order valence-corrected chi connectivity index (χ2v) is 4.43. The number of amides is 1. The predicted molar refractivity (Wildman–Crippen MR) is 67.0 cm³/mol. The molecule has 0 saturated carbocycles. The summed E-state index contributed by atoms with van der Waals surface area (Å²) < 4.78 is 5.26. The van der Waals surface area contributed by atoms with Crippen molar-refractivity contribution in [2.45, 2.75) is 31.9 Å². The molecule has 4 nitrogen and oxygen atoms in total. The molecule has 1 saturated heterocycles. The molecule has 0 unspecified atom stereocenters. The van der Waals surface area contributed by atoms with Gasteiger partial charge in [-0.3, -0.25) is 0 Å². The maximum Gasteiger partial charge on any atom is 0.410 e. The van der Waals surface area contributed by atoms with Crippen LogP contribution < -0.4 is 0 Å². The van der Waals surface area contributed by atoms with Crippen LogP contribution in [-0.4, -0.2) is 29.9 Å². The standard InChI is InChI=1S/C14H17NO3/c16-10-8-13-7-4-9-15(13)14(17)18-11-12-5-2-1-3-6-12/h1-3,5-6,10,13H,4,7-9,11H2/t13-/m0/s1. The Morgan fingerprint density at radius 2 is 2.17 bits per heavy atom. The topological polar surface area (TPSA) is 46.6 Å². The van der Waals surface area contributed by atoms with Gasteiger partial charge in [0, 0.05) is 19.0 Å². The molecular formula is C14H17NO3. The van der Waals surface area contributed by atoms with Gasteiger partial charge in [-0.2, -0.15) is 0 Å². The van der Waals surface area contributed by atoms with E-state index < -0.39 is 0 Å². The summed E-state index contributed by atoms with van der Waals surface area (Å²) >= 11 is 0. The van der Waals surface area contributed by atoms with Crippen molar-refractivity contribution in [1.29, 1.82) is 0 Å². The summed E-state index contributed by atoms with van der Waals surface area (Å²) in [5, 5.41) is 0. The Morgan fingerprint density at radius 3 is 2.89 bits per heavy atom. The summed E-state index contributed by atoms with van der Waals surface area (Å²) in [7, 11) is 0. The van der Waals surface area contributed by atoms with Crippen LogP contribution in [0.15, 0.2) is 30.3 Å². The largest absolute Gasteiger partial charge is 0.445 e. The average Bonchev–Trinajstić information content (AvgIpc) is 2.86. The smallest absolute Gasteiger partial charge is 0.410 e. The summed E-state index contributed by atoms with van der Waals surface area (Å²) in [5.74, 6) is 0. The lowest BCUT2D eigenvalue weighted by molar-refractivity contribution is -0.108. The van der Waals surface area contributed by atoms with Gasteiger partial charge < -0.3 is 14.4 Å². The first-order valence-electron chi connectivity index (χ1n) is 6.22. The van der Waals surface area contributed by atoms with Gasteiger partial charge in [-0.25, -0.2) is 4.79 Å². The van der Waals surface area contributed by atoms with Crippen molar-refractivity contribution in [3.8, 4) is 0 Å². The van der Waals surface area contributed by atoms with Crippen molar-refractivity contribution in [1.82, 2.24) is 4.90 Å².